The maximum Gasteiger partial charge on any atom is 0.417 e. The highest BCUT2D eigenvalue weighted by Crippen LogP contribution is 2.20. The number of carbonyl (C=O) groups is 1. The fourth-order valence-electron chi connectivity index (χ4n) is 2.44. The molecule has 2 aromatic heterocycles. The molecule has 0 saturated heterocycles. The Balaban J connectivity index is 1.74. The number of aryl methyl sites for hydroxylation is 1. The minimum absolute atomic E-state index is 0.128. The summed E-state index contributed by atoms with van der Waals surface area (Å²) in [5.41, 5.74) is 2.60. The van der Waals surface area contributed by atoms with Crippen molar-refractivity contribution in [2.75, 3.05) is 5.32 Å². The Morgan fingerprint density at radius 3 is 2.74 bits per heavy atom. The lowest BCUT2D eigenvalue weighted by Crippen LogP contribution is -2.22. The quantitative estimate of drug-likeness (QED) is 0.672. The van der Waals surface area contributed by atoms with E-state index in [-0.39, 0.29) is 24.6 Å². The molecule has 0 spiro atoms. The number of para-hydroxylation sites is 1. The van der Waals surface area contributed by atoms with Gasteiger partial charge in [0.2, 0.25) is 5.91 Å². The van der Waals surface area contributed by atoms with Gasteiger partial charge in [-0.3, -0.25) is 14.3 Å². The third-order valence-corrected chi connectivity index (χ3v) is 3.77. The molecule has 0 unspecified atom stereocenters. The monoisotopic (exact) mass is 316 g/mol. The van der Waals surface area contributed by atoms with Gasteiger partial charge in [0.1, 0.15) is 0 Å². The first-order valence-corrected chi connectivity index (χ1v) is 7.13. The molecule has 120 valence electrons. The van der Waals surface area contributed by atoms with Crippen LogP contribution in [0.2, 0.25) is 0 Å². The van der Waals surface area contributed by atoms with Crippen molar-refractivity contribution in [2.45, 2.75) is 26.8 Å². The van der Waals surface area contributed by atoms with E-state index in [1.807, 2.05) is 13.8 Å². The number of aromatic amines is 2. The number of hydrogen-bond acceptors (Lipinski definition) is 4. The van der Waals surface area contributed by atoms with E-state index in [1.54, 1.807) is 18.2 Å². The molecule has 0 saturated carbocycles. The van der Waals surface area contributed by atoms with Gasteiger partial charge in [-0.1, -0.05) is 6.07 Å². The number of imidazole rings is 1. The fraction of sp³-hybridized carbons (Fsp3) is 0.267. The lowest BCUT2D eigenvalue weighted by atomic mass is 10.2. The van der Waals surface area contributed by atoms with Gasteiger partial charge in [0.05, 0.1) is 11.2 Å². The summed E-state index contributed by atoms with van der Waals surface area (Å²) >= 11 is 0. The number of aromatic nitrogens is 3. The largest absolute Gasteiger partial charge is 0.417 e. The Morgan fingerprint density at radius 2 is 2.04 bits per heavy atom. The first-order chi connectivity index (χ1) is 11.0. The summed E-state index contributed by atoms with van der Waals surface area (Å²) in [4.78, 5) is 40.3. The van der Waals surface area contributed by atoms with Gasteiger partial charge in [0.15, 0.2) is 5.58 Å². The molecule has 1 aromatic carbocycles. The summed E-state index contributed by atoms with van der Waals surface area (Å²) in [5.74, 6) is -0.849. The predicted molar refractivity (Wildman–Crippen MR) is 84.6 cm³/mol. The topological polar surface area (TPSA) is 113 Å². The Kier molecular flexibility index (Phi) is 3.65. The standard InChI is InChI=1S/C15H16N4O4/c1-8-9(2)19(14(21)16-8)7-6-12(20)17-10-4-3-5-11-13(10)23-15(22)18-11/h3-5H,6-7H2,1-2H3,(H,16,21)(H,17,20)(H,18,22). The SMILES string of the molecule is Cc1[nH]c(=O)n(CCC(=O)Nc2cccc3[nH]c(=O)oc23)c1C. The number of amides is 1. The van der Waals surface area contributed by atoms with Crippen LogP contribution in [0, 0.1) is 13.8 Å². The van der Waals surface area contributed by atoms with Crippen LogP contribution in [0.3, 0.4) is 0 Å². The number of carbonyl (C=O) groups excluding carboxylic acids is 1. The molecule has 8 heteroatoms. The van der Waals surface area contributed by atoms with Gasteiger partial charge in [-0.2, -0.15) is 0 Å². The van der Waals surface area contributed by atoms with Gasteiger partial charge >= 0.3 is 11.4 Å². The molecule has 2 heterocycles. The molecule has 1 amide bonds. The minimum Gasteiger partial charge on any atom is -0.406 e. The van der Waals surface area contributed by atoms with E-state index in [0.29, 0.717) is 16.8 Å². The van der Waals surface area contributed by atoms with Crippen molar-refractivity contribution in [3.05, 3.63) is 50.6 Å². The summed E-state index contributed by atoms with van der Waals surface area (Å²) in [6.45, 7) is 3.90. The van der Waals surface area contributed by atoms with E-state index in [4.69, 9.17) is 4.42 Å². The number of oxazole rings is 1. The van der Waals surface area contributed by atoms with Gasteiger partial charge < -0.3 is 14.7 Å². The smallest absolute Gasteiger partial charge is 0.406 e. The van der Waals surface area contributed by atoms with Crippen LogP contribution in [0.15, 0.2) is 32.2 Å². The third-order valence-electron chi connectivity index (χ3n) is 3.77. The van der Waals surface area contributed by atoms with Crippen LogP contribution >= 0.6 is 0 Å². The van der Waals surface area contributed by atoms with E-state index in [0.717, 1.165) is 11.4 Å². The zero-order valence-corrected chi connectivity index (χ0v) is 12.7. The second kappa shape index (κ2) is 5.64. The molecule has 0 aliphatic carbocycles. The van der Waals surface area contributed by atoms with Crippen molar-refractivity contribution in [3.63, 3.8) is 0 Å². The van der Waals surface area contributed by atoms with Crippen molar-refractivity contribution in [1.82, 2.24) is 14.5 Å². The molecule has 0 bridgehead atoms. The minimum atomic E-state index is -0.577. The van der Waals surface area contributed by atoms with Crippen molar-refractivity contribution in [1.29, 1.82) is 0 Å². The maximum atomic E-state index is 12.1. The summed E-state index contributed by atoms with van der Waals surface area (Å²) in [6.07, 6.45) is 0.128. The summed E-state index contributed by atoms with van der Waals surface area (Å²) in [6, 6.07) is 5.03. The van der Waals surface area contributed by atoms with E-state index in [9.17, 15) is 14.4 Å². The highest BCUT2D eigenvalue weighted by molar-refractivity contribution is 5.98. The van der Waals surface area contributed by atoms with E-state index < -0.39 is 5.76 Å². The Labute approximate surface area is 130 Å². The third kappa shape index (κ3) is 2.83. The highest BCUT2D eigenvalue weighted by Gasteiger charge is 2.12. The number of benzene rings is 1. The first kappa shape index (κ1) is 14.9. The molecular formula is C15H16N4O4. The maximum absolute atomic E-state index is 12.1. The molecule has 8 nitrogen and oxygen atoms in total. The summed E-state index contributed by atoms with van der Waals surface area (Å²) in [5, 5.41) is 2.70. The van der Waals surface area contributed by atoms with Gasteiger partial charge in [-0.15, -0.1) is 0 Å². The average molecular weight is 316 g/mol. The van der Waals surface area contributed by atoms with Gasteiger partial charge in [-0.25, -0.2) is 9.59 Å². The van der Waals surface area contributed by atoms with E-state index >= 15 is 0 Å². The van der Waals surface area contributed by atoms with Crippen LogP contribution in [-0.4, -0.2) is 20.4 Å². The second-order valence-corrected chi connectivity index (χ2v) is 5.29. The van der Waals surface area contributed by atoms with Crippen LogP contribution in [-0.2, 0) is 11.3 Å². The molecule has 3 rings (SSSR count). The van der Waals surface area contributed by atoms with Gasteiger partial charge in [0, 0.05) is 24.4 Å². The zero-order valence-electron chi connectivity index (χ0n) is 12.7. The number of nitrogens with one attached hydrogen (secondary N) is 3. The molecule has 0 aliphatic rings. The fourth-order valence-corrected chi connectivity index (χ4v) is 2.44. The van der Waals surface area contributed by atoms with E-state index in [1.165, 1.54) is 4.57 Å². The highest BCUT2D eigenvalue weighted by atomic mass is 16.4. The second-order valence-electron chi connectivity index (χ2n) is 5.29. The van der Waals surface area contributed by atoms with Gasteiger partial charge in [-0.05, 0) is 26.0 Å². The predicted octanol–water partition coefficient (Wildman–Crippen LogP) is 1.26. The zero-order chi connectivity index (χ0) is 16.6. The Morgan fingerprint density at radius 1 is 1.26 bits per heavy atom. The van der Waals surface area contributed by atoms with Crippen molar-refractivity contribution in [3.8, 4) is 0 Å². The number of rotatable bonds is 4. The summed E-state index contributed by atoms with van der Waals surface area (Å²) < 4.78 is 6.54. The summed E-state index contributed by atoms with van der Waals surface area (Å²) in [7, 11) is 0. The van der Waals surface area contributed by atoms with Crippen LogP contribution in [0.4, 0.5) is 5.69 Å². The lowest BCUT2D eigenvalue weighted by Gasteiger charge is -2.07. The first-order valence-electron chi connectivity index (χ1n) is 7.13. The van der Waals surface area contributed by atoms with Crippen LogP contribution in [0.1, 0.15) is 17.8 Å². The molecule has 0 fully saturated rings. The number of nitrogens with zero attached hydrogens (tertiary/aromatic N) is 1. The molecule has 23 heavy (non-hydrogen) atoms. The van der Waals surface area contributed by atoms with Crippen LogP contribution in [0.25, 0.3) is 11.1 Å². The van der Waals surface area contributed by atoms with Gasteiger partial charge in [0.25, 0.3) is 0 Å². The van der Waals surface area contributed by atoms with Crippen molar-refractivity contribution in [2.24, 2.45) is 0 Å². The molecule has 0 aliphatic heterocycles. The van der Waals surface area contributed by atoms with Crippen molar-refractivity contribution >= 4 is 22.7 Å². The Bertz CT molecular complexity index is 989. The number of anilines is 1. The van der Waals surface area contributed by atoms with Crippen LogP contribution < -0.4 is 16.8 Å². The number of hydrogen-bond donors (Lipinski definition) is 3. The molecule has 3 aromatic rings. The molecule has 0 atom stereocenters. The normalized spacial score (nSPS) is 11.0. The molecular weight excluding hydrogens is 300 g/mol. The lowest BCUT2D eigenvalue weighted by molar-refractivity contribution is -0.116. The average Bonchev–Trinajstić information content (AvgIpc) is 2.98. The van der Waals surface area contributed by atoms with Crippen molar-refractivity contribution < 1.29 is 9.21 Å². The number of H-pyrrole nitrogens is 2. The molecule has 0 radical (unpaired) electrons. The van der Waals surface area contributed by atoms with E-state index in [2.05, 4.69) is 15.3 Å². The van der Waals surface area contributed by atoms with Crippen LogP contribution in [0.5, 0.6) is 0 Å². The number of fused-ring (bicyclic) bond motifs is 1. The Hall–Kier alpha value is -3.03. The molecule has 3 N–H and O–H groups in total.